The molecule has 0 radical (unpaired) electrons. The molecule has 1 heterocycles. The average Bonchev–Trinajstić information content (AvgIpc) is 3.08. The molecule has 0 bridgehead atoms. The van der Waals surface area contributed by atoms with Gasteiger partial charge in [-0.3, -0.25) is 10.6 Å². The first-order valence-corrected chi connectivity index (χ1v) is 10.6. The molecule has 2 aromatic rings. The Morgan fingerprint density at radius 1 is 0.906 bits per heavy atom. The number of alkyl carbamates (subject to hydrolysis) is 2. The first-order chi connectivity index (χ1) is 14.7. The van der Waals surface area contributed by atoms with Crippen molar-refractivity contribution >= 4 is 41.1 Å². The number of hydrogen-bond acceptors (Lipinski definition) is 7. The molecule has 1 aromatic heterocycles. The average molecular weight is 462 g/mol. The van der Waals surface area contributed by atoms with E-state index < -0.39 is 29.4 Å². The molecular formula is C22H27N3O6S. The number of carbonyl (C=O) groups is 3. The number of guanidine groups is 1. The minimum atomic E-state index is -0.999. The van der Waals surface area contributed by atoms with E-state index in [4.69, 9.17) is 14.6 Å². The Bertz CT molecular complexity index is 999. The van der Waals surface area contributed by atoms with Gasteiger partial charge in [-0.05, 0) is 71.4 Å². The summed E-state index contributed by atoms with van der Waals surface area (Å²) in [6.45, 7) is 10.3. The van der Waals surface area contributed by atoms with E-state index >= 15 is 0 Å². The van der Waals surface area contributed by atoms with Gasteiger partial charge in [-0.2, -0.15) is 0 Å². The van der Waals surface area contributed by atoms with Gasteiger partial charge in [0.05, 0.1) is 5.69 Å². The second-order valence-electron chi connectivity index (χ2n) is 8.73. The molecular weight excluding hydrogens is 434 g/mol. The second kappa shape index (κ2) is 9.82. The molecule has 0 atom stereocenters. The first-order valence-electron chi connectivity index (χ1n) is 9.74. The van der Waals surface area contributed by atoms with Crippen molar-refractivity contribution in [2.24, 2.45) is 4.99 Å². The van der Waals surface area contributed by atoms with Gasteiger partial charge in [0.2, 0.25) is 5.96 Å². The number of hydrogen-bond donors (Lipinski definition) is 3. The molecule has 0 aliphatic rings. The van der Waals surface area contributed by atoms with E-state index in [0.29, 0.717) is 5.69 Å². The van der Waals surface area contributed by atoms with Gasteiger partial charge in [0.15, 0.2) is 0 Å². The third-order valence-corrected chi connectivity index (χ3v) is 4.55. The number of ether oxygens (including phenoxy) is 2. The second-order valence-corrected chi connectivity index (χ2v) is 9.82. The third-order valence-electron chi connectivity index (χ3n) is 3.43. The van der Waals surface area contributed by atoms with Gasteiger partial charge in [-0.25, -0.2) is 19.4 Å². The minimum absolute atomic E-state index is 0.178. The summed E-state index contributed by atoms with van der Waals surface area (Å²) in [6.07, 6.45) is -1.60. The van der Waals surface area contributed by atoms with E-state index in [9.17, 15) is 14.4 Å². The van der Waals surface area contributed by atoms with Crippen LogP contribution in [-0.2, 0) is 9.47 Å². The van der Waals surface area contributed by atoms with Crippen molar-refractivity contribution in [1.82, 2.24) is 10.6 Å². The highest BCUT2D eigenvalue weighted by Crippen LogP contribution is 2.30. The summed E-state index contributed by atoms with van der Waals surface area (Å²) >= 11 is 1.13. The Balaban J connectivity index is 2.32. The van der Waals surface area contributed by atoms with Crippen LogP contribution >= 0.6 is 11.3 Å². The van der Waals surface area contributed by atoms with Crippen LogP contribution in [0, 0.1) is 0 Å². The highest BCUT2D eigenvalue weighted by atomic mass is 32.1. The molecule has 0 saturated carbocycles. The predicted octanol–water partition coefficient (Wildman–Crippen LogP) is 5.15. The van der Waals surface area contributed by atoms with Crippen LogP contribution in [0.15, 0.2) is 41.4 Å². The molecule has 0 saturated heterocycles. The molecule has 2 rings (SSSR count). The first kappa shape index (κ1) is 24.9. The molecule has 0 spiro atoms. The Morgan fingerprint density at radius 3 is 1.94 bits per heavy atom. The number of aliphatic imine (C=N–C) groups is 1. The number of nitrogens with zero attached hydrogens (tertiary/aromatic N) is 1. The summed E-state index contributed by atoms with van der Waals surface area (Å²) in [7, 11) is 0. The number of thiophene rings is 1. The van der Waals surface area contributed by atoms with Crippen molar-refractivity contribution in [1.29, 1.82) is 0 Å². The Kier molecular flexibility index (Phi) is 7.63. The molecule has 0 unspecified atom stereocenters. The van der Waals surface area contributed by atoms with Gasteiger partial charge < -0.3 is 14.6 Å². The molecule has 10 heteroatoms. The lowest BCUT2D eigenvalue weighted by atomic mass is 10.1. The molecule has 2 amide bonds. The van der Waals surface area contributed by atoms with Crippen molar-refractivity contribution in [2.75, 3.05) is 0 Å². The van der Waals surface area contributed by atoms with Crippen LogP contribution in [0.25, 0.3) is 10.4 Å². The smallest absolute Gasteiger partial charge is 0.414 e. The van der Waals surface area contributed by atoms with Crippen LogP contribution in [0.3, 0.4) is 0 Å². The van der Waals surface area contributed by atoms with Crippen molar-refractivity contribution in [3.05, 3.63) is 41.3 Å². The van der Waals surface area contributed by atoms with Crippen LogP contribution < -0.4 is 10.6 Å². The molecule has 3 N–H and O–H groups in total. The van der Waals surface area contributed by atoms with Crippen LogP contribution in [0.5, 0.6) is 0 Å². The number of benzene rings is 1. The molecule has 0 fully saturated rings. The fourth-order valence-electron chi connectivity index (χ4n) is 2.35. The molecule has 0 aliphatic carbocycles. The molecule has 0 aliphatic heterocycles. The lowest BCUT2D eigenvalue weighted by Crippen LogP contribution is -2.47. The van der Waals surface area contributed by atoms with Gasteiger partial charge >= 0.3 is 18.2 Å². The number of nitrogens with one attached hydrogen (secondary N) is 2. The standard InChI is InChI=1S/C22H27N3O6S/c1-21(2,3)30-19(28)24-18(25-20(29)31-22(4,5)6)23-14-9-7-8-13(12-14)15-10-11-16(32-15)17(26)27/h7-12H,1-6H3,(H,26,27)(H2,23,24,25,28,29). The Hall–Kier alpha value is -3.40. The van der Waals surface area contributed by atoms with Gasteiger partial charge in [0.25, 0.3) is 0 Å². The monoisotopic (exact) mass is 461 g/mol. The van der Waals surface area contributed by atoms with Crippen molar-refractivity contribution in [3.63, 3.8) is 0 Å². The van der Waals surface area contributed by atoms with Gasteiger partial charge in [0.1, 0.15) is 16.1 Å². The number of rotatable bonds is 3. The van der Waals surface area contributed by atoms with E-state index in [1.165, 1.54) is 6.07 Å². The lowest BCUT2D eigenvalue weighted by molar-refractivity contribution is 0.0543. The van der Waals surface area contributed by atoms with E-state index in [-0.39, 0.29) is 10.8 Å². The number of aromatic carboxylic acids is 1. The Morgan fingerprint density at radius 2 is 1.47 bits per heavy atom. The maximum Gasteiger partial charge on any atom is 0.414 e. The fourth-order valence-corrected chi connectivity index (χ4v) is 3.19. The maximum absolute atomic E-state index is 12.2. The number of carboxylic acids is 1. The van der Waals surface area contributed by atoms with E-state index in [2.05, 4.69) is 15.6 Å². The highest BCUT2D eigenvalue weighted by molar-refractivity contribution is 7.17. The Labute approximate surface area is 190 Å². The summed E-state index contributed by atoms with van der Waals surface area (Å²) in [5, 5.41) is 14.0. The van der Waals surface area contributed by atoms with Crippen LogP contribution in [-0.4, -0.2) is 40.4 Å². The molecule has 172 valence electrons. The van der Waals surface area contributed by atoms with Crippen molar-refractivity contribution in [2.45, 2.75) is 52.7 Å². The molecule has 32 heavy (non-hydrogen) atoms. The quantitative estimate of drug-likeness (QED) is 0.429. The SMILES string of the molecule is CC(C)(C)OC(=O)NC(=Nc1cccc(-c2ccc(C(=O)O)s2)c1)NC(=O)OC(C)(C)C. The van der Waals surface area contributed by atoms with Crippen LogP contribution in [0.1, 0.15) is 51.2 Å². The molecule has 9 nitrogen and oxygen atoms in total. The normalized spacial score (nSPS) is 11.3. The lowest BCUT2D eigenvalue weighted by Gasteiger charge is -2.22. The zero-order valence-corrected chi connectivity index (χ0v) is 19.6. The van der Waals surface area contributed by atoms with Crippen LogP contribution in [0.4, 0.5) is 15.3 Å². The number of amides is 2. The third kappa shape index (κ3) is 8.38. The fraction of sp³-hybridized carbons (Fsp3) is 0.364. The number of carboxylic acid groups (broad SMARTS) is 1. The van der Waals surface area contributed by atoms with Crippen molar-refractivity contribution in [3.8, 4) is 10.4 Å². The summed E-state index contributed by atoms with van der Waals surface area (Å²) in [6, 6.07) is 10.1. The molecule has 1 aromatic carbocycles. The van der Waals surface area contributed by atoms with Gasteiger partial charge in [-0.1, -0.05) is 12.1 Å². The summed E-state index contributed by atoms with van der Waals surface area (Å²) < 4.78 is 10.5. The largest absolute Gasteiger partial charge is 0.477 e. The van der Waals surface area contributed by atoms with Gasteiger partial charge in [-0.15, -0.1) is 11.3 Å². The predicted molar refractivity (Wildman–Crippen MR) is 123 cm³/mol. The summed E-state index contributed by atoms with van der Waals surface area (Å²) in [5.41, 5.74) is -0.350. The zero-order chi connectivity index (χ0) is 24.1. The minimum Gasteiger partial charge on any atom is -0.477 e. The highest BCUT2D eigenvalue weighted by Gasteiger charge is 2.21. The zero-order valence-electron chi connectivity index (χ0n) is 18.8. The number of carbonyl (C=O) groups excluding carboxylic acids is 2. The topological polar surface area (TPSA) is 126 Å². The van der Waals surface area contributed by atoms with E-state index in [0.717, 1.165) is 21.8 Å². The van der Waals surface area contributed by atoms with Gasteiger partial charge in [0, 0.05) is 4.88 Å². The summed E-state index contributed by atoms with van der Waals surface area (Å²) in [4.78, 5) is 40.8. The maximum atomic E-state index is 12.2. The van der Waals surface area contributed by atoms with Crippen LogP contribution in [0.2, 0.25) is 0 Å². The van der Waals surface area contributed by atoms with E-state index in [1.54, 1.807) is 71.9 Å². The van der Waals surface area contributed by atoms with Crippen molar-refractivity contribution < 1.29 is 29.0 Å². The van der Waals surface area contributed by atoms with E-state index in [1.807, 2.05) is 0 Å². The summed E-state index contributed by atoms with van der Waals surface area (Å²) in [5.74, 6) is -1.18.